The highest BCUT2D eigenvalue weighted by atomic mass is 16.5. The van der Waals surface area contributed by atoms with E-state index in [4.69, 9.17) is 4.74 Å². The molecule has 2 amide bonds. The van der Waals surface area contributed by atoms with Crippen molar-refractivity contribution in [2.45, 2.75) is 0 Å². The van der Waals surface area contributed by atoms with Crippen LogP contribution >= 0.6 is 0 Å². The molecule has 0 heterocycles. The van der Waals surface area contributed by atoms with Gasteiger partial charge in [-0.2, -0.15) is 0 Å². The molecule has 6 heteroatoms. The van der Waals surface area contributed by atoms with Gasteiger partial charge in [0.25, 0.3) is 5.91 Å². The Kier molecular flexibility index (Phi) is 6.47. The highest BCUT2D eigenvalue weighted by molar-refractivity contribution is 6.06. The molecule has 0 fully saturated rings. The van der Waals surface area contributed by atoms with E-state index >= 15 is 0 Å². The number of anilines is 3. The zero-order chi connectivity index (χ0) is 20.6. The van der Waals surface area contributed by atoms with E-state index in [0.717, 1.165) is 17.1 Å². The van der Waals surface area contributed by atoms with Crippen molar-refractivity contribution in [1.29, 1.82) is 0 Å². The van der Waals surface area contributed by atoms with Gasteiger partial charge in [-0.3, -0.25) is 9.59 Å². The third kappa shape index (κ3) is 5.35. The number of rotatable bonds is 7. The van der Waals surface area contributed by atoms with Gasteiger partial charge >= 0.3 is 0 Å². The van der Waals surface area contributed by atoms with Crippen LogP contribution < -0.4 is 20.3 Å². The predicted molar refractivity (Wildman–Crippen MR) is 116 cm³/mol. The third-order valence-electron chi connectivity index (χ3n) is 4.38. The number of nitrogens with one attached hydrogen (secondary N) is 2. The first-order valence-corrected chi connectivity index (χ1v) is 9.18. The van der Waals surface area contributed by atoms with E-state index in [2.05, 4.69) is 10.6 Å². The normalized spacial score (nSPS) is 10.1. The Hall–Kier alpha value is -3.80. The SMILES string of the molecule is COc1ccc(NCC(=O)Nc2cccc(C(=O)N(C)c3ccccc3)c2)cc1. The molecule has 3 aromatic carbocycles. The van der Waals surface area contributed by atoms with Crippen LogP contribution in [0.5, 0.6) is 5.75 Å². The summed E-state index contributed by atoms with van der Waals surface area (Å²) < 4.78 is 5.11. The van der Waals surface area contributed by atoms with Gasteiger partial charge in [0.1, 0.15) is 5.75 Å². The largest absolute Gasteiger partial charge is 0.497 e. The Bertz CT molecular complexity index is 972. The molecule has 2 N–H and O–H groups in total. The van der Waals surface area contributed by atoms with Gasteiger partial charge in [0, 0.05) is 29.7 Å². The molecule has 0 saturated heterocycles. The molecule has 0 spiro atoms. The first-order valence-electron chi connectivity index (χ1n) is 9.18. The van der Waals surface area contributed by atoms with E-state index in [1.165, 1.54) is 0 Å². The maximum absolute atomic E-state index is 12.7. The number of carbonyl (C=O) groups excluding carboxylic acids is 2. The number of hydrogen-bond acceptors (Lipinski definition) is 4. The van der Waals surface area contributed by atoms with Crippen LogP contribution in [-0.4, -0.2) is 32.5 Å². The highest BCUT2D eigenvalue weighted by Gasteiger charge is 2.14. The van der Waals surface area contributed by atoms with Crippen LogP contribution in [0.15, 0.2) is 78.9 Å². The van der Waals surface area contributed by atoms with Crippen molar-refractivity contribution in [2.75, 3.05) is 36.2 Å². The first kappa shape index (κ1) is 19.9. The van der Waals surface area contributed by atoms with Gasteiger partial charge in [0.2, 0.25) is 5.91 Å². The lowest BCUT2D eigenvalue weighted by Gasteiger charge is -2.17. The number of carbonyl (C=O) groups is 2. The summed E-state index contributed by atoms with van der Waals surface area (Å²) in [6.45, 7) is 0.106. The van der Waals surface area contributed by atoms with Crippen LogP contribution in [0.25, 0.3) is 0 Å². The predicted octanol–water partition coefficient (Wildman–Crippen LogP) is 4.02. The first-order chi connectivity index (χ1) is 14.1. The average Bonchev–Trinajstić information content (AvgIpc) is 2.78. The van der Waals surface area contributed by atoms with Gasteiger partial charge in [-0.15, -0.1) is 0 Å². The molecule has 0 saturated carbocycles. The van der Waals surface area contributed by atoms with Crippen molar-refractivity contribution in [1.82, 2.24) is 0 Å². The Morgan fingerprint density at radius 3 is 2.31 bits per heavy atom. The molecule has 148 valence electrons. The van der Waals surface area contributed by atoms with Crippen LogP contribution in [0.1, 0.15) is 10.4 Å². The van der Waals surface area contributed by atoms with Crippen LogP contribution in [0.4, 0.5) is 17.1 Å². The van der Waals surface area contributed by atoms with Crippen LogP contribution in [0.3, 0.4) is 0 Å². The number of para-hydroxylation sites is 1. The van der Waals surface area contributed by atoms with Gasteiger partial charge in [-0.25, -0.2) is 0 Å². The fraction of sp³-hybridized carbons (Fsp3) is 0.130. The molecule has 0 aromatic heterocycles. The van der Waals surface area contributed by atoms with E-state index < -0.39 is 0 Å². The van der Waals surface area contributed by atoms with Crippen molar-refractivity contribution in [3.63, 3.8) is 0 Å². The van der Waals surface area contributed by atoms with E-state index in [9.17, 15) is 9.59 Å². The summed E-state index contributed by atoms with van der Waals surface area (Å²) in [4.78, 5) is 26.6. The molecule has 0 aliphatic carbocycles. The van der Waals surface area contributed by atoms with Crippen LogP contribution in [-0.2, 0) is 4.79 Å². The van der Waals surface area contributed by atoms with E-state index in [1.807, 2.05) is 54.6 Å². The average molecular weight is 389 g/mol. The quantitative estimate of drug-likeness (QED) is 0.640. The molecule has 0 aliphatic heterocycles. The molecule has 0 bridgehead atoms. The lowest BCUT2D eigenvalue weighted by Crippen LogP contribution is -2.26. The topological polar surface area (TPSA) is 70.7 Å². The number of amides is 2. The monoisotopic (exact) mass is 389 g/mol. The fourth-order valence-electron chi connectivity index (χ4n) is 2.79. The minimum atomic E-state index is -0.207. The Labute approximate surface area is 170 Å². The van der Waals surface area contributed by atoms with Crippen molar-refractivity contribution < 1.29 is 14.3 Å². The number of nitrogens with zero attached hydrogens (tertiary/aromatic N) is 1. The van der Waals surface area contributed by atoms with E-state index in [0.29, 0.717) is 11.3 Å². The third-order valence-corrected chi connectivity index (χ3v) is 4.38. The van der Waals surface area contributed by atoms with Gasteiger partial charge in [-0.1, -0.05) is 24.3 Å². The lowest BCUT2D eigenvalue weighted by molar-refractivity contribution is -0.114. The van der Waals surface area contributed by atoms with E-state index in [1.54, 1.807) is 43.3 Å². The number of methoxy groups -OCH3 is 1. The lowest BCUT2D eigenvalue weighted by atomic mass is 10.1. The van der Waals surface area contributed by atoms with Crippen LogP contribution in [0, 0.1) is 0 Å². The van der Waals surface area contributed by atoms with Crippen molar-refractivity contribution in [2.24, 2.45) is 0 Å². The van der Waals surface area contributed by atoms with Gasteiger partial charge in [0.05, 0.1) is 13.7 Å². The molecule has 0 aliphatic rings. The Balaban J connectivity index is 1.60. The smallest absolute Gasteiger partial charge is 0.258 e. The van der Waals surface area contributed by atoms with Crippen molar-refractivity contribution >= 4 is 28.9 Å². The van der Waals surface area contributed by atoms with Crippen LogP contribution in [0.2, 0.25) is 0 Å². The second-order valence-corrected chi connectivity index (χ2v) is 6.41. The Morgan fingerprint density at radius 1 is 0.897 bits per heavy atom. The summed E-state index contributed by atoms with van der Waals surface area (Å²) in [5.74, 6) is 0.396. The molecule has 3 aromatic rings. The van der Waals surface area contributed by atoms with Crippen molar-refractivity contribution in [3.8, 4) is 5.75 Å². The number of ether oxygens (including phenoxy) is 1. The molecule has 6 nitrogen and oxygen atoms in total. The highest BCUT2D eigenvalue weighted by Crippen LogP contribution is 2.18. The summed E-state index contributed by atoms with van der Waals surface area (Å²) in [5, 5.41) is 5.86. The fourth-order valence-corrected chi connectivity index (χ4v) is 2.79. The summed E-state index contributed by atoms with van der Waals surface area (Å²) in [5.41, 5.74) is 2.68. The summed E-state index contributed by atoms with van der Waals surface area (Å²) in [6.07, 6.45) is 0. The standard InChI is InChI=1S/C23H23N3O3/c1-26(20-9-4-3-5-10-20)23(28)17-7-6-8-19(15-17)25-22(27)16-24-18-11-13-21(29-2)14-12-18/h3-15,24H,16H2,1-2H3,(H,25,27). The molecule has 0 atom stereocenters. The molecular formula is C23H23N3O3. The molecule has 3 rings (SSSR count). The Morgan fingerprint density at radius 2 is 1.62 bits per heavy atom. The van der Waals surface area contributed by atoms with E-state index in [-0.39, 0.29) is 18.4 Å². The molecule has 29 heavy (non-hydrogen) atoms. The summed E-state index contributed by atoms with van der Waals surface area (Å²) >= 11 is 0. The molecule has 0 radical (unpaired) electrons. The van der Waals surface area contributed by atoms with Gasteiger partial charge in [0.15, 0.2) is 0 Å². The summed E-state index contributed by atoms with van der Waals surface area (Å²) in [6, 6.07) is 23.6. The molecular weight excluding hydrogens is 366 g/mol. The number of benzene rings is 3. The maximum Gasteiger partial charge on any atom is 0.258 e. The zero-order valence-corrected chi connectivity index (χ0v) is 16.4. The minimum absolute atomic E-state index is 0.106. The minimum Gasteiger partial charge on any atom is -0.497 e. The molecule has 0 unspecified atom stereocenters. The second-order valence-electron chi connectivity index (χ2n) is 6.41. The van der Waals surface area contributed by atoms with Crippen molar-refractivity contribution in [3.05, 3.63) is 84.4 Å². The maximum atomic E-state index is 12.7. The second kappa shape index (κ2) is 9.41. The van der Waals surface area contributed by atoms with Gasteiger partial charge in [-0.05, 0) is 54.6 Å². The zero-order valence-electron chi connectivity index (χ0n) is 16.4. The van der Waals surface area contributed by atoms with Gasteiger partial charge < -0.3 is 20.3 Å². The number of hydrogen-bond donors (Lipinski definition) is 2. The summed E-state index contributed by atoms with van der Waals surface area (Å²) in [7, 11) is 3.33.